The largest absolute Gasteiger partial charge is 0.352 e. The molecule has 1 aromatic carbocycles. The lowest BCUT2D eigenvalue weighted by atomic mass is 9.87. The molecule has 6 heteroatoms. The van der Waals surface area contributed by atoms with Crippen molar-refractivity contribution in [1.29, 1.82) is 0 Å². The summed E-state index contributed by atoms with van der Waals surface area (Å²) in [5.74, 6) is -1.70. The Kier molecular flexibility index (Phi) is 3.87. The fourth-order valence-corrected chi connectivity index (χ4v) is 5.74. The van der Waals surface area contributed by atoms with Gasteiger partial charge < -0.3 is 4.90 Å². The van der Waals surface area contributed by atoms with Crippen molar-refractivity contribution in [2.75, 3.05) is 4.90 Å². The summed E-state index contributed by atoms with van der Waals surface area (Å²) in [4.78, 5) is 44.5. The molecule has 1 aromatic heterocycles. The molecular formula is C23H22N2O3S. The fourth-order valence-electron chi connectivity index (χ4n) is 5.04. The molecular weight excluding hydrogens is 384 g/mol. The fraction of sp³-hybridized carbons (Fsp3) is 0.348. The number of hydrogen-bond donors (Lipinski definition) is 0. The number of anilines is 1. The van der Waals surface area contributed by atoms with E-state index in [1.165, 1.54) is 16.2 Å². The maximum Gasteiger partial charge on any atom is 0.236 e. The first-order chi connectivity index (χ1) is 13.8. The van der Waals surface area contributed by atoms with Gasteiger partial charge in [-0.25, -0.2) is 0 Å². The first kappa shape index (κ1) is 18.3. The van der Waals surface area contributed by atoms with Gasteiger partial charge in [0.1, 0.15) is 6.04 Å². The number of ketones is 1. The highest BCUT2D eigenvalue weighted by Crippen LogP contribution is 2.50. The lowest BCUT2D eigenvalue weighted by molar-refractivity contribution is -0.145. The summed E-state index contributed by atoms with van der Waals surface area (Å²) >= 11 is 1.38. The van der Waals surface area contributed by atoms with Gasteiger partial charge in [0, 0.05) is 11.2 Å². The summed E-state index contributed by atoms with van der Waals surface area (Å²) in [5, 5.41) is 1.87. The van der Waals surface area contributed by atoms with Gasteiger partial charge in [-0.3, -0.25) is 19.3 Å². The molecule has 0 unspecified atom stereocenters. The Hall–Kier alpha value is -2.73. The number of amides is 2. The summed E-state index contributed by atoms with van der Waals surface area (Å²) in [6.45, 7) is 5.59. The molecule has 4 atom stereocenters. The van der Waals surface area contributed by atoms with Crippen LogP contribution in [0.5, 0.6) is 0 Å². The minimum absolute atomic E-state index is 0.0838. The minimum Gasteiger partial charge on any atom is -0.352 e. The molecule has 29 heavy (non-hydrogen) atoms. The molecule has 2 aromatic rings. The SMILES string of the molecule is CC(C)(C)N1C(=O)[C@@H]2[C@H](C1=O)[C@@H](C(=O)c1cccs1)N1c3ccccc3C=C[C@H]21. The Morgan fingerprint density at radius 3 is 2.41 bits per heavy atom. The van der Waals surface area contributed by atoms with Crippen LogP contribution in [0, 0.1) is 11.8 Å². The van der Waals surface area contributed by atoms with Crippen LogP contribution in [0.1, 0.15) is 36.0 Å². The van der Waals surface area contributed by atoms with E-state index < -0.39 is 23.4 Å². The normalized spacial score (nSPS) is 27.8. The van der Waals surface area contributed by atoms with Gasteiger partial charge in [0.05, 0.1) is 22.8 Å². The molecule has 3 aliphatic heterocycles. The summed E-state index contributed by atoms with van der Waals surface area (Å²) in [6.07, 6.45) is 3.99. The molecule has 5 nitrogen and oxygen atoms in total. The molecule has 5 rings (SSSR count). The highest BCUT2D eigenvalue weighted by atomic mass is 32.1. The van der Waals surface area contributed by atoms with Gasteiger partial charge in [-0.05, 0) is 43.8 Å². The average Bonchev–Trinajstić information content (AvgIpc) is 3.37. The maximum absolute atomic E-state index is 13.6. The molecule has 3 aliphatic rings. The van der Waals surface area contributed by atoms with Crippen LogP contribution in [0.2, 0.25) is 0 Å². The van der Waals surface area contributed by atoms with Crippen molar-refractivity contribution in [3.63, 3.8) is 0 Å². The van der Waals surface area contributed by atoms with E-state index >= 15 is 0 Å². The second-order valence-corrected chi connectivity index (χ2v) is 9.78. The Labute approximate surface area is 173 Å². The van der Waals surface area contributed by atoms with Crippen LogP contribution in [0.25, 0.3) is 6.08 Å². The number of nitrogens with zero attached hydrogens (tertiary/aromatic N) is 2. The van der Waals surface area contributed by atoms with E-state index in [1.54, 1.807) is 6.07 Å². The van der Waals surface area contributed by atoms with Crippen molar-refractivity contribution < 1.29 is 14.4 Å². The summed E-state index contributed by atoms with van der Waals surface area (Å²) in [7, 11) is 0. The van der Waals surface area contributed by atoms with Gasteiger partial charge in [-0.15, -0.1) is 11.3 Å². The zero-order chi connectivity index (χ0) is 20.5. The van der Waals surface area contributed by atoms with Crippen molar-refractivity contribution in [3.8, 4) is 0 Å². The van der Waals surface area contributed by atoms with Gasteiger partial charge in [-0.1, -0.05) is 36.4 Å². The number of para-hydroxylation sites is 1. The zero-order valence-electron chi connectivity index (χ0n) is 16.5. The van der Waals surface area contributed by atoms with E-state index in [-0.39, 0.29) is 23.6 Å². The number of carbonyl (C=O) groups excluding carboxylic acids is 3. The molecule has 4 heterocycles. The summed E-state index contributed by atoms with van der Waals surface area (Å²) in [5.41, 5.74) is 1.29. The lowest BCUT2D eigenvalue weighted by Crippen LogP contribution is -2.52. The maximum atomic E-state index is 13.6. The molecule has 0 saturated carbocycles. The van der Waals surface area contributed by atoms with Crippen molar-refractivity contribution in [3.05, 3.63) is 58.3 Å². The number of carbonyl (C=O) groups is 3. The predicted octanol–water partition coefficient (Wildman–Crippen LogP) is 3.61. The van der Waals surface area contributed by atoms with Crippen LogP contribution >= 0.6 is 11.3 Å². The number of thiophene rings is 1. The van der Waals surface area contributed by atoms with Crippen LogP contribution < -0.4 is 4.90 Å². The third-order valence-electron chi connectivity index (χ3n) is 6.12. The molecule has 2 saturated heterocycles. The highest BCUT2D eigenvalue weighted by molar-refractivity contribution is 7.12. The monoisotopic (exact) mass is 406 g/mol. The van der Waals surface area contributed by atoms with Crippen LogP contribution in [0.3, 0.4) is 0 Å². The second kappa shape index (κ2) is 6.13. The molecule has 0 radical (unpaired) electrons. The molecule has 0 spiro atoms. The average molecular weight is 407 g/mol. The Morgan fingerprint density at radius 1 is 1.00 bits per heavy atom. The number of hydrogen-bond acceptors (Lipinski definition) is 5. The Morgan fingerprint density at radius 2 is 1.72 bits per heavy atom. The quantitative estimate of drug-likeness (QED) is 0.565. The number of likely N-dealkylation sites (tertiary alicyclic amines) is 1. The van der Waals surface area contributed by atoms with Crippen LogP contribution in [-0.2, 0) is 9.59 Å². The van der Waals surface area contributed by atoms with E-state index in [1.807, 2.05) is 73.5 Å². The summed E-state index contributed by atoms with van der Waals surface area (Å²) < 4.78 is 0. The second-order valence-electron chi connectivity index (χ2n) is 8.84. The van der Waals surface area contributed by atoms with Crippen molar-refractivity contribution in [2.24, 2.45) is 11.8 Å². The van der Waals surface area contributed by atoms with E-state index in [0.29, 0.717) is 4.88 Å². The molecule has 2 amide bonds. The van der Waals surface area contributed by atoms with Gasteiger partial charge in [0.2, 0.25) is 11.8 Å². The standard InChI is InChI=1S/C23H22N2O3S/c1-23(2,3)25-21(27)17-15-11-10-13-7-4-5-8-14(13)24(15)19(18(17)22(25)28)20(26)16-9-6-12-29-16/h4-12,15,17-19H,1-3H3/t15-,17+,18+,19+/m1/s1. The molecule has 0 N–H and O–H groups in total. The van der Waals surface area contributed by atoms with E-state index in [2.05, 4.69) is 0 Å². The van der Waals surface area contributed by atoms with Crippen molar-refractivity contribution in [2.45, 2.75) is 38.4 Å². The van der Waals surface area contributed by atoms with Crippen molar-refractivity contribution in [1.82, 2.24) is 4.90 Å². The number of Topliss-reactive ketones (excluding diaryl/α,β-unsaturated/α-hetero) is 1. The number of fused-ring (bicyclic) bond motifs is 5. The van der Waals surface area contributed by atoms with E-state index in [0.717, 1.165) is 11.3 Å². The molecule has 0 bridgehead atoms. The topological polar surface area (TPSA) is 57.7 Å². The number of benzene rings is 1. The van der Waals surface area contributed by atoms with Gasteiger partial charge in [0.15, 0.2) is 5.78 Å². The van der Waals surface area contributed by atoms with Crippen LogP contribution in [-0.4, -0.2) is 40.1 Å². The first-order valence-corrected chi connectivity index (χ1v) is 10.7. The van der Waals surface area contributed by atoms with Gasteiger partial charge >= 0.3 is 0 Å². The van der Waals surface area contributed by atoms with Crippen LogP contribution in [0.4, 0.5) is 5.69 Å². The smallest absolute Gasteiger partial charge is 0.236 e. The zero-order valence-corrected chi connectivity index (χ0v) is 17.3. The van der Waals surface area contributed by atoms with Gasteiger partial charge in [0.25, 0.3) is 0 Å². The number of rotatable bonds is 2. The third kappa shape index (κ3) is 2.48. The minimum atomic E-state index is -0.682. The highest BCUT2D eigenvalue weighted by Gasteiger charge is 2.65. The molecule has 0 aliphatic carbocycles. The Bertz CT molecular complexity index is 1050. The van der Waals surface area contributed by atoms with Gasteiger partial charge in [-0.2, -0.15) is 0 Å². The van der Waals surface area contributed by atoms with Crippen LogP contribution in [0.15, 0.2) is 47.9 Å². The predicted molar refractivity (Wildman–Crippen MR) is 113 cm³/mol. The molecule has 2 fully saturated rings. The number of imide groups is 1. The summed E-state index contributed by atoms with van der Waals surface area (Å²) in [6, 6.07) is 10.5. The molecule has 148 valence electrons. The first-order valence-electron chi connectivity index (χ1n) is 9.82. The van der Waals surface area contributed by atoms with E-state index in [4.69, 9.17) is 0 Å². The Balaban J connectivity index is 1.68. The third-order valence-corrected chi connectivity index (χ3v) is 7.00. The van der Waals surface area contributed by atoms with Crippen molar-refractivity contribution >= 4 is 40.7 Å². The van der Waals surface area contributed by atoms with E-state index in [9.17, 15) is 14.4 Å². The lowest BCUT2D eigenvalue weighted by Gasteiger charge is -2.38.